The minimum absolute atomic E-state index is 0.276. The third kappa shape index (κ3) is 4.87. The van der Waals surface area contributed by atoms with Crippen molar-refractivity contribution in [3.05, 3.63) is 23.8 Å². The smallest absolute Gasteiger partial charge is 0.312 e. The standard InChI is InChI=1S/C25H35NO6/c1-3-30-20-6-5-17(10-21(20)31-4-2)7-8-26-22(27)15-32-23(28)24-11-18-9-19(12-24)14-25(29,13-18)16-24/h5-6,10,18-19,29H,3-4,7-9,11-16H2,1-2H3,(H,26,27). The number of hydrogen-bond donors (Lipinski definition) is 2. The zero-order valence-corrected chi connectivity index (χ0v) is 19.2. The average Bonchev–Trinajstić information content (AvgIpc) is 2.72. The number of amides is 1. The zero-order chi connectivity index (χ0) is 22.8. The lowest BCUT2D eigenvalue weighted by atomic mass is 9.48. The summed E-state index contributed by atoms with van der Waals surface area (Å²) in [6.45, 7) is 5.12. The Labute approximate surface area is 189 Å². The molecule has 4 bridgehead atoms. The van der Waals surface area contributed by atoms with Gasteiger partial charge in [0.05, 0.1) is 24.2 Å². The molecule has 2 atom stereocenters. The summed E-state index contributed by atoms with van der Waals surface area (Å²) in [4.78, 5) is 25.1. The number of esters is 1. The monoisotopic (exact) mass is 445 g/mol. The highest BCUT2D eigenvalue weighted by Crippen LogP contribution is 2.61. The second-order valence-corrected chi connectivity index (χ2v) is 9.79. The molecule has 5 rings (SSSR count). The van der Waals surface area contributed by atoms with E-state index in [0.717, 1.165) is 37.7 Å². The Morgan fingerprint density at radius 1 is 1.06 bits per heavy atom. The van der Waals surface area contributed by atoms with Crippen molar-refractivity contribution in [2.24, 2.45) is 17.3 Å². The SMILES string of the molecule is CCOc1ccc(CCNC(=O)COC(=O)C23CC4CC(CC(O)(C4)C2)C3)cc1OCC. The lowest BCUT2D eigenvalue weighted by Gasteiger charge is -2.58. The van der Waals surface area contributed by atoms with Crippen LogP contribution >= 0.6 is 0 Å². The molecule has 4 saturated carbocycles. The van der Waals surface area contributed by atoms with Gasteiger partial charge in [-0.3, -0.25) is 9.59 Å². The van der Waals surface area contributed by atoms with E-state index < -0.39 is 11.0 Å². The topological polar surface area (TPSA) is 94.1 Å². The Kier molecular flexibility index (Phi) is 6.65. The average molecular weight is 446 g/mol. The van der Waals surface area contributed by atoms with Crippen LogP contribution in [0.15, 0.2) is 18.2 Å². The second-order valence-electron chi connectivity index (χ2n) is 9.79. The quantitative estimate of drug-likeness (QED) is 0.538. The molecule has 7 heteroatoms. The van der Waals surface area contributed by atoms with E-state index in [1.54, 1.807) is 0 Å². The van der Waals surface area contributed by atoms with Crippen LogP contribution in [0.25, 0.3) is 0 Å². The highest BCUT2D eigenvalue weighted by Gasteiger charge is 2.60. The molecule has 2 N–H and O–H groups in total. The summed E-state index contributed by atoms with van der Waals surface area (Å²) in [6, 6.07) is 5.77. The van der Waals surface area contributed by atoms with Crippen LogP contribution in [-0.2, 0) is 20.7 Å². The first-order valence-electron chi connectivity index (χ1n) is 11.9. The molecule has 0 aromatic heterocycles. The van der Waals surface area contributed by atoms with Gasteiger partial charge >= 0.3 is 5.97 Å². The third-order valence-corrected chi connectivity index (χ3v) is 7.14. The molecule has 1 amide bonds. The van der Waals surface area contributed by atoms with Gasteiger partial charge in [-0.25, -0.2) is 0 Å². The molecule has 0 heterocycles. The molecule has 4 aliphatic rings. The van der Waals surface area contributed by atoms with E-state index in [9.17, 15) is 14.7 Å². The Bertz CT molecular complexity index is 839. The number of nitrogens with one attached hydrogen (secondary N) is 1. The number of hydrogen-bond acceptors (Lipinski definition) is 6. The molecule has 7 nitrogen and oxygen atoms in total. The molecule has 0 radical (unpaired) electrons. The fourth-order valence-electron chi connectivity index (χ4n) is 6.39. The maximum absolute atomic E-state index is 12.9. The molecule has 2 unspecified atom stereocenters. The fourth-order valence-corrected chi connectivity index (χ4v) is 6.39. The Morgan fingerprint density at radius 2 is 1.75 bits per heavy atom. The summed E-state index contributed by atoms with van der Waals surface area (Å²) >= 11 is 0. The summed E-state index contributed by atoms with van der Waals surface area (Å²) in [7, 11) is 0. The van der Waals surface area contributed by atoms with Crippen molar-refractivity contribution in [2.75, 3.05) is 26.4 Å². The molecular weight excluding hydrogens is 410 g/mol. The van der Waals surface area contributed by atoms with Crippen LogP contribution in [0.4, 0.5) is 0 Å². The minimum Gasteiger partial charge on any atom is -0.490 e. The zero-order valence-electron chi connectivity index (χ0n) is 19.2. The number of carbonyl (C=O) groups is 2. The lowest BCUT2D eigenvalue weighted by Crippen LogP contribution is -2.58. The summed E-state index contributed by atoms with van der Waals surface area (Å²) in [5.74, 6) is 1.59. The molecule has 0 saturated heterocycles. The van der Waals surface area contributed by atoms with Crippen LogP contribution < -0.4 is 14.8 Å². The summed E-state index contributed by atoms with van der Waals surface area (Å²) in [6.07, 6.45) is 5.39. The van der Waals surface area contributed by atoms with Crippen molar-refractivity contribution in [1.82, 2.24) is 5.32 Å². The van der Waals surface area contributed by atoms with Gasteiger partial charge < -0.3 is 24.6 Å². The van der Waals surface area contributed by atoms with E-state index in [2.05, 4.69) is 5.32 Å². The summed E-state index contributed by atoms with van der Waals surface area (Å²) in [5, 5.41) is 13.6. The first kappa shape index (κ1) is 22.9. The van der Waals surface area contributed by atoms with Crippen LogP contribution in [0, 0.1) is 17.3 Å². The van der Waals surface area contributed by atoms with Gasteiger partial charge in [-0.05, 0) is 88.3 Å². The Morgan fingerprint density at radius 3 is 2.41 bits per heavy atom. The molecule has 0 spiro atoms. The van der Waals surface area contributed by atoms with E-state index in [1.807, 2.05) is 32.0 Å². The molecule has 1 aromatic carbocycles. The van der Waals surface area contributed by atoms with Gasteiger partial charge in [0.2, 0.25) is 0 Å². The molecule has 1 aromatic rings. The van der Waals surface area contributed by atoms with Gasteiger partial charge in [0.1, 0.15) is 0 Å². The number of benzene rings is 1. The number of ether oxygens (including phenoxy) is 3. The van der Waals surface area contributed by atoms with Crippen LogP contribution in [0.3, 0.4) is 0 Å². The second kappa shape index (κ2) is 9.30. The fraction of sp³-hybridized carbons (Fsp3) is 0.680. The maximum Gasteiger partial charge on any atom is 0.312 e. The van der Waals surface area contributed by atoms with Crippen molar-refractivity contribution < 1.29 is 28.9 Å². The molecule has 0 aliphatic heterocycles. The van der Waals surface area contributed by atoms with Crippen LogP contribution in [0.5, 0.6) is 11.5 Å². The van der Waals surface area contributed by atoms with Crippen LogP contribution in [0.1, 0.15) is 57.9 Å². The molecule has 32 heavy (non-hydrogen) atoms. The minimum atomic E-state index is -0.719. The van der Waals surface area contributed by atoms with E-state index >= 15 is 0 Å². The van der Waals surface area contributed by atoms with Gasteiger partial charge in [-0.2, -0.15) is 0 Å². The number of aliphatic hydroxyl groups is 1. The predicted molar refractivity (Wildman–Crippen MR) is 119 cm³/mol. The van der Waals surface area contributed by atoms with Crippen LogP contribution in [0.2, 0.25) is 0 Å². The van der Waals surface area contributed by atoms with Crippen molar-refractivity contribution in [1.29, 1.82) is 0 Å². The predicted octanol–water partition coefficient (Wildman–Crippen LogP) is 3.02. The molecular formula is C25H35NO6. The van der Waals surface area contributed by atoms with Crippen LogP contribution in [-0.4, -0.2) is 48.9 Å². The third-order valence-electron chi connectivity index (χ3n) is 7.14. The van der Waals surface area contributed by atoms with E-state index in [0.29, 0.717) is 55.9 Å². The molecule has 4 aliphatic carbocycles. The Balaban J connectivity index is 1.24. The number of carbonyl (C=O) groups excluding carboxylic acids is 2. The van der Waals surface area contributed by atoms with Crippen molar-refractivity contribution in [3.8, 4) is 11.5 Å². The van der Waals surface area contributed by atoms with Gasteiger partial charge in [0.25, 0.3) is 5.91 Å². The number of rotatable bonds is 10. The maximum atomic E-state index is 12.9. The van der Waals surface area contributed by atoms with E-state index in [4.69, 9.17) is 14.2 Å². The summed E-state index contributed by atoms with van der Waals surface area (Å²) < 4.78 is 16.7. The van der Waals surface area contributed by atoms with E-state index in [-0.39, 0.29) is 18.5 Å². The van der Waals surface area contributed by atoms with Gasteiger partial charge in [0, 0.05) is 6.54 Å². The first-order chi connectivity index (χ1) is 15.3. The first-order valence-corrected chi connectivity index (χ1v) is 11.9. The van der Waals surface area contributed by atoms with Crippen molar-refractivity contribution in [3.63, 3.8) is 0 Å². The van der Waals surface area contributed by atoms with Gasteiger partial charge in [-0.15, -0.1) is 0 Å². The van der Waals surface area contributed by atoms with E-state index in [1.165, 1.54) is 0 Å². The molecule has 176 valence electrons. The van der Waals surface area contributed by atoms with Crippen molar-refractivity contribution in [2.45, 2.75) is 64.4 Å². The highest BCUT2D eigenvalue weighted by molar-refractivity contribution is 5.83. The lowest BCUT2D eigenvalue weighted by molar-refractivity contribution is -0.196. The Hall–Kier alpha value is -2.28. The largest absolute Gasteiger partial charge is 0.490 e. The normalized spacial score (nSPS) is 30.1. The molecule has 4 fully saturated rings. The van der Waals surface area contributed by atoms with Gasteiger partial charge in [0.15, 0.2) is 18.1 Å². The van der Waals surface area contributed by atoms with Crippen molar-refractivity contribution >= 4 is 11.9 Å². The van der Waals surface area contributed by atoms with Gasteiger partial charge in [-0.1, -0.05) is 6.07 Å². The summed E-state index contributed by atoms with van der Waals surface area (Å²) in [5.41, 5.74) is -0.295. The highest BCUT2D eigenvalue weighted by atomic mass is 16.5.